The maximum Gasteiger partial charge on any atom is 0.336 e. The van der Waals surface area contributed by atoms with Crippen LogP contribution in [0.25, 0.3) is 16.6 Å². The highest BCUT2D eigenvalue weighted by Gasteiger charge is 2.16. The zero-order valence-corrected chi connectivity index (χ0v) is 20.1. The van der Waals surface area contributed by atoms with Gasteiger partial charge in [-0.3, -0.25) is 14.2 Å². The highest BCUT2D eigenvalue weighted by atomic mass is 19.1. The molecule has 184 valence electrons. The Morgan fingerprint density at radius 3 is 2.35 bits per heavy atom. The highest BCUT2D eigenvalue weighted by Crippen LogP contribution is 2.15. The van der Waals surface area contributed by atoms with Gasteiger partial charge in [0.25, 0.3) is 5.56 Å². The molecule has 0 saturated heterocycles. The van der Waals surface area contributed by atoms with Crippen molar-refractivity contribution in [1.29, 1.82) is 0 Å². The maximum atomic E-state index is 14.4. The average molecular weight is 494 g/mol. The number of rotatable bonds is 6. The van der Waals surface area contributed by atoms with Gasteiger partial charge >= 0.3 is 5.69 Å². The molecule has 6 nitrogen and oxygen atoms in total. The lowest BCUT2D eigenvalue weighted by molar-refractivity contribution is -0.115. The van der Waals surface area contributed by atoms with Gasteiger partial charge in [0.15, 0.2) is 0 Å². The lowest BCUT2D eigenvalue weighted by Gasteiger charge is -2.15. The zero-order chi connectivity index (χ0) is 25.9. The molecule has 0 spiro atoms. The number of fused-ring (bicyclic) bond motifs is 1. The van der Waals surface area contributed by atoms with Gasteiger partial charge in [0.2, 0.25) is 5.91 Å². The quantitative estimate of drug-likeness (QED) is 0.368. The number of anilines is 1. The monoisotopic (exact) mass is 493 g/mol. The molecule has 37 heavy (non-hydrogen) atoms. The summed E-state index contributed by atoms with van der Waals surface area (Å²) in [5.74, 6) is -0.599. The average Bonchev–Trinajstić information content (AvgIpc) is 2.88. The summed E-state index contributed by atoms with van der Waals surface area (Å²) < 4.78 is 16.9. The van der Waals surface area contributed by atoms with Crippen LogP contribution in [0.5, 0.6) is 0 Å². The number of carbonyl (C=O) groups excluding carboxylic acids is 1. The molecule has 0 aliphatic heterocycles. The normalized spacial score (nSPS) is 11.0. The summed E-state index contributed by atoms with van der Waals surface area (Å²) in [6.07, 6.45) is 0.137. The van der Waals surface area contributed by atoms with Crippen molar-refractivity contribution in [3.8, 4) is 5.69 Å². The number of hydrogen-bond donors (Lipinski definition) is 1. The molecule has 0 fully saturated rings. The fourth-order valence-corrected chi connectivity index (χ4v) is 4.37. The molecule has 0 radical (unpaired) electrons. The van der Waals surface area contributed by atoms with Gasteiger partial charge in [-0.25, -0.2) is 13.8 Å². The maximum absolute atomic E-state index is 14.4. The van der Waals surface area contributed by atoms with Crippen molar-refractivity contribution in [1.82, 2.24) is 9.13 Å². The predicted octanol–water partition coefficient (Wildman–Crippen LogP) is 4.83. The summed E-state index contributed by atoms with van der Waals surface area (Å²) >= 11 is 0. The van der Waals surface area contributed by atoms with Crippen LogP contribution in [-0.4, -0.2) is 15.0 Å². The Kier molecular flexibility index (Phi) is 6.51. The van der Waals surface area contributed by atoms with Gasteiger partial charge in [-0.1, -0.05) is 54.6 Å². The molecule has 5 rings (SSSR count). The summed E-state index contributed by atoms with van der Waals surface area (Å²) in [7, 11) is 0. The number of carbonyl (C=O) groups is 1. The van der Waals surface area contributed by atoms with Gasteiger partial charge in [0.05, 0.1) is 29.6 Å². The summed E-state index contributed by atoms with van der Waals surface area (Å²) in [6, 6.07) is 27.3. The van der Waals surface area contributed by atoms with E-state index in [1.165, 1.54) is 10.6 Å². The zero-order valence-electron chi connectivity index (χ0n) is 20.1. The lowest BCUT2D eigenvalue weighted by Crippen LogP contribution is -2.39. The molecule has 5 aromatic rings. The molecule has 0 unspecified atom stereocenters. The van der Waals surface area contributed by atoms with E-state index in [1.54, 1.807) is 66.7 Å². The van der Waals surface area contributed by atoms with E-state index in [1.807, 2.05) is 31.2 Å². The Balaban J connectivity index is 1.49. The van der Waals surface area contributed by atoms with Gasteiger partial charge in [0, 0.05) is 11.3 Å². The molecule has 1 heterocycles. The van der Waals surface area contributed by atoms with E-state index >= 15 is 0 Å². The van der Waals surface area contributed by atoms with Crippen molar-refractivity contribution in [3.63, 3.8) is 0 Å². The van der Waals surface area contributed by atoms with Crippen LogP contribution in [0.1, 0.15) is 16.7 Å². The smallest absolute Gasteiger partial charge is 0.326 e. The lowest BCUT2D eigenvalue weighted by atomic mass is 10.1. The third kappa shape index (κ3) is 4.97. The largest absolute Gasteiger partial charge is 0.336 e. The number of aryl methyl sites for hydroxylation is 1. The van der Waals surface area contributed by atoms with Crippen molar-refractivity contribution in [2.75, 3.05) is 5.32 Å². The van der Waals surface area contributed by atoms with Gasteiger partial charge in [0.1, 0.15) is 5.82 Å². The minimum absolute atomic E-state index is 0.0243. The highest BCUT2D eigenvalue weighted by molar-refractivity contribution is 5.92. The Morgan fingerprint density at radius 2 is 1.59 bits per heavy atom. The van der Waals surface area contributed by atoms with Crippen LogP contribution in [0.4, 0.5) is 10.1 Å². The van der Waals surface area contributed by atoms with Crippen LogP contribution in [-0.2, 0) is 17.8 Å². The van der Waals surface area contributed by atoms with Gasteiger partial charge in [-0.2, -0.15) is 0 Å². The van der Waals surface area contributed by atoms with Crippen molar-refractivity contribution >= 4 is 22.5 Å². The molecule has 7 heteroatoms. The molecular weight excluding hydrogens is 469 g/mol. The van der Waals surface area contributed by atoms with E-state index in [4.69, 9.17) is 0 Å². The second-order valence-corrected chi connectivity index (χ2v) is 8.88. The Morgan fingerprint density at radius 1 is 0.865 bits per heavy atom. The molecule has 0 saturated carbocycles. The Hall–Kier alpha value is -4.78. The minimum Gasteiger partial charge on any atom is -0.326 e. The van der Waals surface area contributed by atoms with Crippen LogP contribution in [0.2, 0.25) is 0 Å². The first kappa shape index (κ1) is 23.9. The summed E-state index contributed by atoms with van der Waals surface area (Å²) in [5, 5.41) is 3.22. The van der Waals surface area contributed by atoms with Crippen LogP contribution in [0.15, 0.2) is 107 Å². The molecule has 0 atom stereocenters. The van der Waals surface area contributed by atoms with Crippen molar-refractivity contribution in [2.24, 2.45) is 0 Å². The number of halogens is 1. The first-order valence-corrected chi connectivity index (χ1v) is 11.8. The van der Waals surface area contributed by atoms with Crippen molar-refractivity contribution in [2.45, 2.75) is 19.9 Å². The third-order valence-electron chi connectivity index (χ3n) is 6.20. The van der Waals surface area contributed by atoms with E-state index in [0.29, 0.717) is 22.2 Å². The number of amides is 1. The molecule has 1 aromatic heterocycles. The molecule has 1 N–H and O–H groups in total. The van der Waals surface area contributed by atoms with Crippen LogP contribution < -0.4 is 16.6 Å². The number of nitrogens with zero attached hydrogens (tertiary/aromatic N) is 2. The second kappa shape index (κ2) is 10.1. The fourth-order valence-electron chi connectivity index (χ4n) is 4.37. The van der Waals surface area contributed by atoms with E-state index < -0.39 is 17.1 Å². The number of hydrogen-bond acceptors (Lipinski definition) is 3. The van der Waals surface area contributed by atoms with E-state index in [9.17, 15) is 18.8 Å². The SMILES string of the molecule is Cc1cccc(NC(=O)Cc2ccc(-n3c(=O)c4ccccc4n(Cc4ccccc4F)c3=O)cc2)c1. The number of para-hydroxylation sites is 1. The molecule has 0 bridgehead atoms. The van der Waals surface area contributed by atoms with E-state index in [0.717, 1.165) is 21.4 Å². The second-order valence-electron chi connectivity index (χ2n) is 8.88. The molecule has 4 aromatic carbocycles. The first-order chi connectivity index (χ1) is 17.9. The third-order valence-corrected chi connectivity index (χ3v) is 6.20. The fraction of sp³-hybridized carbons (Fsp3) is 0.100. The molecule has 1 amide bonds. The van der Waals surface area contributed by atoms with Crippen LogP contribution in [0.3, 0.4) is 0 Å². The van der Waals surface area contributed by atoms with E-state index in [-0.39, 0.29) is 18.9 Å². The topological polar surface area (TPSA) is 73.1 Å². The number of benzene rings is 4. The van der Waals surface area contributed by atoms with Crippen molar-refractivity contribution < 1.29 is 9.18 Å². The Bertz CT molecular complexity index is 1740. The minimum atomic E-state index is -0.572. The number of nitrogens with one attached hydrogen (secondary N) is 1. The molecular formula is C30H24FN3O3. The predicted molar refractivity (Wildman–Crippen MR) is 143 cm³/mol. The Labute approximate surface area is 212 Å². The first-order valence-electron chi connectivity index (χ1n) is 11.8. The van der Waals surface area contributed by atoms with Crippen LogP contribution in [0, 0.1) is 12.7 Å². The molecule has 0 aliphatic carbocycles. The molecule has 0 aliphatic rings. The van der Waals surface area contributed by atoms with Gasteiger partial charge in [-0.05, 0) is 60.5 Å². The van der Waals surface area contributed by atoms with Gasteiger partial charge < -0.3 is 5.32 Å². The van der Waals surface area contributed by atoms with Crippen molar-refractivity contribution in [3.05, 3.63) is 140 Å². The summed E-state index contributed by atoms with van der Waals surface area (Å²) in [4.78, 5) is 39.4. The number of aromatic nitrogens is 2. The van der Waals surface area contributed by atoms with Gasteiger partial charge in [-0.15, -0.1) is 0 Å². The van der Waals surface area contributed by atoms with Crippen LogP contribution >= 0.6 is 0 Å². The summed E-state index contributed by atoms with van der Waals surface area (Å²) in [6.45, 7) is 1.93. The standard InChI is InChI=1S/C30H24FN3O3/c1-20-7-6-9-23(17-20)32-28(35)18-21-13-15-24(16-14-21)34-29(36)25-10-3-5-12-27(25)33(30(34)37)19-22-8-2-4-11-26(22)31/h2-17H,18-19H2,1H3,(H,32,35). The summed E-state index contributed by atoms with van der Waals surface area (Å²) in [5.41, 5.74) is 2.60. The van der Waals surface area contributed by atoms with E-state index in [2.05, 4.69) is 5.32 Å².